The van der Waals surface area contributed by atoms with Crippen molar-refractivity contribution >= 4 is 34.5 Å². The molecule has 0 atom stereocenters. The molecule has 2 heterocycles. The molecule has 0 saturated heterocycles. The second kappa shape index (κ2) is 11.0. The molecule has 0 aliphatic carbocycles. The summed E-state index contributed by atoms with van der Waals surface area (Å²) in [6.07, 6.45) is 3.27. The molecule has 174 valence electrons. The van der Waals surface area contributed by atoms with Gasteiger partial charge in [-0.05, 0) is 64.9 Å². The molecule has 0 radical (unpaired) electrons. The lowest BCUT2D eigenvalue weighted by Gasteiger charge is -2.14. The van der Waals surface area contributed by atoms with Gasteiger partial charge in [0, 0.05) is 21.4 Å². The summed E-state index contributed by atoms with van der Waals surface area (Å²) in [7, 11) is 4.69. The van der Waals surface area contributed by atoms with E-state index in [4.69, 9.17) is 18.9 Å². The second-order valence-electron chi connectivity index (χ2n) is 7.20. The standard InChI is InChI=1S/C27H24O5S2/c1-29-23-11-9-19(27-7-5-13-34-27)14-18(23)8-10-22(28)21-15-25(31-3)26(16-24(21)30-2)32-17-20-6-4-12-33-20/h4-16H,17H2,1-3H3. The third kappa shape index (κ3) is 5.32. The lowest BCUT2D eigenvalue weighted by molar-refractivity contribution is 0.104. The minimum atomic E-state index is -0.219. The molecule has 0 saturated carbocycles. The number of thiophene rings is 2. The van der Waals surface area contributed by atoms with Gasteiger partial charge in [0.1, 0.15) is 18.1 Å². The number of ether oxygens (including phenoxy) is 4. The predicted molar refractivity (Wildman–Crippen MR) is 138 cm³/mol. The van der Waals surface area contributed by atoms with Crippen LogP contribution in [-0.4, -0.2) is 27.1 Å². The smallest absolute Gasteiger partial charge is 0.189 e. The van der Waals surface area contributed by atoms with Crippen LogP contribution in [0.4, 0.5) is 0 Å². The Balaban J connectivity index is 1.60. The molecule has 0 unspecified atom stereocenters. The van der Waals surface area contributed by atoms with Crippen LogP contribution in [0.3, 0.4) is 0 Å². The molecule has 7 heteroatoms. The first kappa shape index (κ1) is 23.6. The summed E-state index contributed by atoms with van der Waals surface area (Å²) in [6.45, 7) is 0.407. The molecule has 5 nitrogen and oxygen atoms in total. The highest BCUT2D eigenvalue weighted by molar-refractivity contribution is 7.13. The van der Waals surface area contributed by atoms with Crippen molar-refractivity contribution in [1.29, 1.82) is 0 Å². The van der Waals surface area contributed by atoms with Crippen molar-refractivity contribution in [3.8, 4) is 33.4 Å². The van der Waals surface area contributed by atoms with Crippen molar-refractivity contribution in [2.75, 3.05) is 21.3 Å². The molecule has 2 aromatic carbocycles. The van der Waals surface area contributed by atoms with Crippen LogP contribution >= 0.6 is 22.7 Å². The Hall–Kier alpha value is -3.55. The molecule has 2 aromatic heterocycles. The summed E-state index contributed by atoms with van der Waals surface area (Å²) in [6, 6.07) is 17.3. The van der Waals surface area contributed by atoms with Gasteiger partial charge in [-0.15, -0.1) is 22.7 Å². The molecule has 0 N–H and O–H groups in total. The van der Waals surface area contributed by atoms with Gasteiger partial charge in [-0.2, -0.15) is 0 Å². The Kier molecular flexibility index (Phi) is 7.67. The van der Waals surface area contributed by atoms with Gasteiger partial charge in [-0.1, -0.05) is 12.1 Å². The van der Waals surface area contributed by atoms with Crippen LogP contribution in [0.15, 0.2) is 71.4 Å². The number of carbonyl (C=O) groups excluding carboxylic acids is 1. The molecule has 4 rings (SSSR count). The maximum atomic E-state index is 13.1. The molecular formula is C27H24O5S2. The van der Waals surface area contributed by atoms with Crippen LogP contribution in [0.2, 0.25) is 0 Å². The summed E-state index contributed by atoms with van der Waals surface area (Å²) < 4.78 is 22.4. The topological polar surface area (TPSA) is 54.0 Å². The summed E-state index contributed by atoms with van der Waals surface area (Å²) in [5.41, 5.74) is 2.26. The van der Waals surface area contributed by atoms with E-state index in [9.17, 15) is 4.79 Å². The fourth-order valence-corrected chi connectivity index (χ4v) is 4.77. The van der Waals surface area contributed by atoms with E-state index in [2.05, 4.69) is 6.07 Å². The number of ketones is 1. The van der Waals surface area contributed by atoms with Crippen LogP contribution in [0.1, 0.15) is 20.8 Å². The summed E-state index contributed by atoms with van der Waals surface area (Å²) in [4.78, 5) is 15.4. The number of hydrogen-bond acceptors (Lipinski definition) is 7. The molecule has 0 aliphatic rings. The van der Waals surface area contributed by atoms with Gasteiger partial charge >= 0.3 is 0 Å². The van der Waals surface area contributed by atoms with Crippen molar-refractivity contribution in [3.63, 3.8) is 0 Å². The SMILES string of the molecule is COc1ccc(-c2cccs2)cc1C=CC(=O)c1cc(OC)c(OCc2cccs2)cc1OC. The van der Waals surface area contributed by atoms with Crippen molar-refractivity contribution in [1.82, 2.24) is 0 Å². The first-order chi connectivity index (χ1) is 16.6. The zero-order valence-corrected chi connectivity index (χ0v) is 20.7. The van der Waals surface area contributed by atoms with E-state index >= 15 is 0 Å². The molecule has 34 heavy (non-hydrogen) atoms. The highest BCUT2D eigenvalue weighted by Gasteiger charge is 2.17. The Morgan fingerprint density at radius 3 is 2.26 bits per heavy atom. The zero-order valence-electron chi connectivity index (χ0n) is 19.1. The Labute approximate surface area is 206 Å². The average molecular weight is 493 g/mol. The minimum absolute atomic E-state index is 0.219. The normalized spacial score (nSPS) is 10.9. The van der Waals surface area contributed by atoms with Gasteiger partial charge in [0.05, 0.1) is 26.9 Å². The molecule has 0 amide bonds. The van der Waals surface area contributed by atoms with Crippen molar-refractivity contribution in [3.05, 3.63) is 87.4 Å². The summed E-state index contributed by atoms with van der Waals surface area (Å²) >= 11 is 3.27. The number of benzene rings is 2. The number of methoxy groups -OCH3 is 3. The van der Waals surface area contributed by atoms with Crippen molar-refractivity contribution in [2.24, 2.45) is 0 Å². The Morgan fingerprint density at radius 2 is 1.59 bits per heavy atom. The van der Waals surface area contributed by atoms with Crippen LogP contribution in [-0.2, 0) is 6.61 Å². The molecular weight excluding hydrogens is 468 g/mol. The summed E-state index contributed by atoms with van der Waals surface area (Å²) in [5.74, 6) is 1.86. The highest BCUT2D eigenvalue weighted by Crippen LogP contribution is 2.36. The van der Waals surface area contributed by atoms with Crippen LogP contribution in [0, 0.1) is 0 Å². The zero-order chi connectivity index (χ0) is 23.9. The lowest BCUT2D eigenvalue weighted by atomic mass is 10.0. The monoisotopic (exact) mass is 492 g/mol. The van der Waals surface area contributed by atoms with E-state index in [1.807, 2.05) is 47.2 Å². The van der Waals surface area contributed by atoms with E-state index in [1.54, 1.807) is 55.1 Å². The largest absolute Gasteiger partial charge is 0.496 e. The summed E-state index contributed by atoms with van der Waals surface area (Å²) in [5, 5.41) is 4.03. The molecule has 0 fully saturated rings. The van der Waals surface area contributed by atoms with Crippen molar-refractivity contribution in [2.45, 2.75) is 6.61 Å². The lowest BCUT2D eigenvalue weighted by Crippen LogP contribution is -2.03. The van der Waals surface area contributed by atoms with Crippen LogP contribution in [0.5, 0.6) is 23.0 Å². The maximum absolute atomic E-state index is 13.1. The molecule has 0 aliphatic heterocycles. The van der Waals surface area contributed by atoms with E-state index in [-0.39, 0.29) is 5.78 Å². The quantitative estimate of drug-likeness (QED) is 0.177. The van der Waals surface area contributed by atoms with E-state index < -0.39 is 0 Å². The van der Waals surface area contributed by atoms with Gasteiger partial charge in [0.15, 0.2) is 17.3 Å². The Morgan fingerprint density at radius 1 is 0.824 bits per heavy atom. The van der Waals surface area contributed by atoms with Crippen LogP contribution in [0.25, 0.3) is 16.5 Å². The van der Waals surface area contributed by atoms with E-state index in [1.165, 1.54) is 13.2 Å². The van der Waals surface area contributed by atoms with Gasteiger partial charge in [0.2, 0.25) is 0 Å². The predicted octanol–water partition coefficient (Wildman–Crippen LogP) is 6.98. The molecule has 0 spiro atoms. The van der Waals surface area contributed by atoms with Crippen LogP contribution < -0.4 is 18.9 Å². The second-order valence-corrected chi connectivity index (χ2v) is 9.18. The number of carbonyl (C=O) groups is 1. The number of hydrogen-bond donors (Lipinski definition) is 0. The van der Waals surface area contributed by atoms with E-state index in [0.29, 0.717) is 35.2 Å². The highest BCUT2D eigenvalue weighted by atomic mass is 32.1. The first-order valence-corrected chi connectivity index (χ1v) is 12.2. The maximum Gasteiger partial charge on any atom is 0.189 e. The first-order valence-electron chi connectivity index (χ1n) is 10.5. The number of rotatable bonds is 10. The molecule has 0 bridgehead atoms. The fraction of sp³-hybridized carbons (Fsp3) is 0.148. The minimum Gasteiger partial charge on any atom is -0.496 e. The number of allylic oxidation sites excluding steroid dienone is 1. The van der Waals surface area contributed by atoms with Gasteiger partial charge in [-0.25, -0.2) is 0 Å². The third-order valence-corrected chi connectivity index (χ3v) is 6.92. The van der Waals surface area contributed by atoms with Gasteiger partial charge in [0.25, 0.3) is 0 Å². The third-order valence-electron chi connectivity index (χ3n) is 5.15. The average Bonchev–Trinajstić information content (AvgIpc) is 3.60. The molecule has 4 aromatic rings. The fourth-order valence-electron chi connectivity index (χ4n) is 3.43. The van der Waals surface area contributed by atoms with Gasteiger partial charge in [-0.3, -0.25) is 4.79 Å². The van der Waals surface area contributed by atoms with E-state index in [0.717, 1.165) is 20.9 Å². The Bertz CT molecular complexity index is 1270. The van der Waals surface area contributed by atoms with Crippen molar-refractivity contribution < 1.29 is 23.7 Å². The van der Waals surface area contributed by atoms with Gasteiger partial charge < -0.3 is 18.9 Å².